The molecule has 0 N–H and O–H groups in total. The summed E-state index contributed by atoms with van der Waals surface area (Å²) in [4.78, 5) is 17.0. The molecule has 1 unspecified atom stereocenters. The van der Waals surface area contributed by atoms with Gasteiger partial charge in [0.2, 0.25) is 0 Å². The van der Waals surface area contributed by atoms with Crippen molar-refractivity contribution in [3.63, 3.8) is 0 Å². The predicted octanol–water partition coefficient (Wildman–Crippen LogP) is 2.86. The van der Waals surface area contributed by atoms with Crippen molar-refractivity contribution in [2.24, 2.45) is 0 Å². The highest BCUT2D eigenvalue weighted by Crippen LogP contribution is 2.18. The normalized spacial score (nSPS) is 12.2. The van der Waals surface area contributed by atoms with Gasteiger partial charge < -0.3 is 4.74 Å². The van der Waals surface area contributed by atoms with E-state index in [1.807, 2.05) is 20.8 Å². The lowest BCUT2D eigenvalue weighted by atomic mass is 10.1. The van der Waals surface area contributed by atoms with Crippen LogP contribution < -0.4 is 4.74 Å². The molecule has 0 aliphatic heterocycles. The number of nitrogens with zero attached hydrogens (tertiary/aromatic N) is 3. The van der Waals surface area contributed by atoms with Crippen molar-refractivity contribution < 1.29 is 9.53 Å². The molecule has 2 aromatic rings. The smallest absolute Gasteiger partial charge is 0.187 e. The van der Waals surface area contributed by atoms with Crippen molar-refractivity contribution >= 4 is 5.78 Å². The van der Waals surface area contributed by atoms with Gasteiger partial charge in [0.05, 0.1) is 7.11 Å². The molecule has 112 valence electrons. The van der Waals surface area contributed by atoms with E-state index in [0.29, 0.717) is 5.56 Å². The Labute approximate surface area is 125 Å². The molecule has 0 fully saturated rings. The quantitative estimate of drug-likeness (QED) is 0.767. The molecule has 0 amide bonds. The van der Waals surface area contributed by atoms with Gasteiger partial charge in [-0.25, -0.2) is 9.67 Å². The van der Waals surface area contributed by atoms with Gasteiger partial charge in [0.25, 0.3) is 0 Å². The highest BCUT2D eigenvalue weighted by atomic mass is 16.5. The zero-order valence-electron chi connectivity index (χ0n) is 13.0. The van der Waals surface area contributed by atoms with Crippen LogP contribution in [0.5, 0.6) is 5.75 Å². The number of ether oxygens (including phenoxy) is 1. The minimum atomic E-state index is -0.360. The third kappa shape index (κ3) is 3.12. The summed E-state index contributed by atoms with van der Waals surface area (Å²) in [6.45, 7) is 5.89. The van der Waals surface area contributed by atoms with Crippen molar-refractivity contribution in [3.05, 3.63) is 41.5 Å². The Morgan fingerprint density at radius 3 is 2.43 bits per heavy atom. The lowest BCUT2D eigenvalue weighted by Crippen LogP contribution is -2.20. The molecule has 1 heterocycles. The van der Waals surface area contributed by atoms with Gasteiger partial charge in [0, 0.05) is 18.4 Å². The largest absolute Gasteiger partial charge is 0.497 e. The number of ketones is 1. The second kappa shape index (κ2) is 6.52. The number of carbonyl (C=O) groups excluding carboxylic acids is 1. The van der Waals surface area contributed by atoms with Crippen molar-refractivity contribution in [1.29, 1.82) is 0 Å². The highest BCUT2D eigenvalue weighted by Gasteiger charge is 2.21. The molecule has 21 heavy (non-hydrogen) atoms. The first kappa shape index (κ1) is 15.2. The number of aromatic nitrogens is 3. The molecule has 1 aromatic heterocycles. The number of rotatable bonds is 6. The molecule has 0 saturated heterocycles. The van der Waals surface area contributed by atoms with Crippen molar-refractivity contribution in [2.75, 3.05) is 7.11 Å². The van der Waals surface area contributed by atoms with Crippen LogP contribution in [0.3, 0.4) is 0 Å². The summed E-state index contributed by atoms with van der Waals surface area (Å²) >= 11 is 0. The van der Waals surface area contributed by atoms with Crippen molar-refractivity contribution in [2.45, 2.75) is 39.7 Å². The van der Waals surface area contributed by atoms with Crippen molar-refractivity contribution in [1.82, 2.24) is 14.8 Å². The van der Waals surface area contributed by atoms with Crippen LogP contribution in [0.15, 0.2) is 24.3 Å². The second-order valence-corrected chi connectivity index (χ2v) is 4.86. The fraction of sp³-hybridized carbons (Fsp3) is 0.438. The maximum Gasteiger partial charge on any atom is 0.187 e. The number of benzene rings is 1. The number of aryl methyl sites for hydroxylation is 2. The fourth-order valence-corrected chi connectivity index (χ4v) is 2.21. The van der Waals surface area contributed by atoms with E-state index in [9.17, 15) is 4.79 Å². The number of methoxy groups -OCH3 is 1. The minimum absolute atomic E-state index is 0.0277. The van der Waals surface area contributed by atoms with Gasteiger partial charge in [0.15, 0.2) is 11.6 Å². The molecule has 5 nitrogen and oxygen atoms in total. The summed E-state index contributed by atoms with van der Waals surface area (Å²) in [6.07, 6.45) is 1.52. The standard InChI is InChI=1S/C16H21N3O2/c1-5-14-17-15(6-2)19(18-14)11(3)16(20)12-7-9-13(21-4)10-8-12/h7-11H,5-6H2,1-4H3. The number of hydrogen-bond acceptors (Lipinski definition) is 4. The van der Waals surface area contributed by atoms with E-state index in [2.05, 4.69) is 10.1 Å². The molecule has 5 heteroatoms. The molecular formula is C16H21N3O2. The van der Waals surface area contributed by atoms with Gasteiger partial charge in [-0.2, -0.15) is 5.10 Å². The fourth-order valence-electron chi connectivity index (χ4n) is 2.21. The number of carbonyl (C=O) groups is 1. The molecule has 0 saturated carbocycles. The molecule has 0 aliphatic carbocycles. The Hall–Kier alpha value is -2.17. The second-order valence-electron chi connectivity index (χ2n) is 4.86. The molecule has 1 aromatic carbocycles. The van der Waals surface area contributed by atoms with E-state index in [-0.39, 0.29) is 11.8 Å². The minimum Gasteiger partial charge on any atom is -0.497 e. The van der Waals surface area contributed by atoms with E-state index >= 15 is 0 Å². The van der Waals surface area contributed by atoms with E-state index in [0.717, 1.165) is 30.2 Å². The molecule has 0 aliphatic rings. The van der Waals surface area contributed by atoms with Crippen LogP contribution in [0, 0.1) is 0 Å². The van der Waals surface area contributed by atoms with E-state index < -0.39 is 0 Å². The van der Waals surface area contributed by atoms with Gasteiger partial charge in [-0.1, -0.05) is 13.8 Å². The Morgan fingerprint density at radius 1 is 1.24 bits per heavy atom. The van der Waals surface area contributed by atoms with Gasteiger partial charge in [-0.15, -0.1) is 0 Å². The monoisotopic (exact) mass is 287 g/mol. The first-order valence-corrected chi connectivity index (χ1v) is 7.23. The third-order valence-corrected chi connectivity index (χ3v) is 3.50. The Kier molecular flexibility index (Phi) is 4.73. The van der Waals surface area contributed by atoms with Gasteiger partial charge in [0.1, 0.15) is 17.6 Å². The van der Waals surface area contributed by atoms with Gasteiger partial charge in [-0.05, 0) is 31.2 Å². The van der Waals surface area contributed by atoms with Gasteiger partial charge >= 0.3 is 0 Å². The summed E-state index contributed by atoms with van der Waals surface area (Å²) in [7, 11) is 1.61. The molecule has 0 radical (unpaired) electrons. The van der Waals surface area contributed by atoms with Crippen LogP contribution in [0.2, 0.25) is 0 Å². The summed E-state index contributed by atoms with van der Waals surface area (Å²) in [6, 6.07) is 6.78. The van der Waals surface area contributed by atoms with Crippen LogP contribution in [0.4, 0.5) is 0 Å². The zero-order valence-corrected chi connectivity index (χ0v) is 13.0. The van der Waals surface area contributed by atoms with Crippen LogP contribution in [-0.2, 0) is 12.8 Å². The summed E-state index contributed by atoms with van der Waals surface area (Å²) in [5, 5.41) is 4.44. The predicted molar refractivity (Wildman–Crippen MR) is 80.8 cm³/mol. The average molecular weight is 287 g/mol. The topological polar surface area (TPSA) is 57.0 Å². The lowest BCUT2D eigenvalue weighted by molar-refractivity contribution is 0.0925. The molecule has 0 bridgehead atoms. The first-order chi connectivity index (χ1) is 10.1. The zero-order chi connectivity index (χ0) is 15.4. The maximum atomic E-state index is 12.6. The van der Waals surface area contributed by atoms with Gasteiger partial charge in [-0.3, -0.25) is 4.79 Å². The lowest BCUT2D eigenvalue weighted by Gasteiger charge is -2.13. The highest BCUT2D eigenvalue weighted by molar-refractivity contribution is 5.98. The molecular weight excluding hydrogens is 266 g/mol. The Bertz CT molecular complexity index is 617. The van der Waals surface area contributed by atoms with E-state index in [1.165, 1.54) is 0 Å². The Morgan fingerprint density at radius 2 is 1.90 bits per heavy atom. The SMILES string of the molecule is CCc1nc(CC)n(C(C)C(=O)c2ccc(OC)cc2)n1. The molecule has 2 rings (SSSR count). The van der Waals surface area contributed by atoms with Crippen LogP contribution in [-0.4, -0.2) is 27.7 Å². The number of Topliss-reactive ketones (excluding diaryl/α,β-unsaturated/α-hetero) is 1. The Balaban J connectivity index is 2.27. The van der Waals surface area contributed by atoms with Crippen LogP contribution >= 0.6 is 0 Å². The summed E-state index contributed by atoms with van der Waals surface area (Å²) in [5.74, 6) is 2.39. The van der Waals surface area contributed by atoms with Crippen LogP contribution in [0.1, 0.15) is 48.8 Å². The average Bonchev–Trinajstić information content (AvgIpc) is 2.97. The molecule has 0 spiro atoms. The molecule has 1 atom stereocenters. The maximum absolute atomic E-state index is 12.6. The summed E-state index contributed by atoms with van der Waals surface area (Å²) in [5.41, 5.74) is 0.652. The van der Waals surface area contributed by atoms with Crippen molar-refractivity contribution in [3.8, 4) is 5.75 Å². The van der Waals surface area contributed by atoms with E-state index in [1.54, 1.807) is 36.1 Å². The third-order valence-electron chi connectivity index (χ3n) is 3.50. The summed E-state index contributed by atoms with van der Waals surface area (Å²) < 4.78 is 6.85. The van der Waals surface area contributed by atoms with Crippen LogP contribution in [0.25, 0.3) is 0 Å². The first-order valence-electron chi connectivity index (χ1n) is 7.23. The van der Waals surface area contributed by atoms with E-state index in [4.69, 9.17) is 4.74 Å². The number of hydrogen-bond donors (Lipinski definition) is 0.